The van der Waals surface area contributed by atoms with Gasteiger partial charge in [0.1, 0.15) is 0 Å². The first-order valence-corrected chi connectivity index (χ1v) is 11.0. The molecule has 1 aliphatic carbocycles. The van der Waals surface area contributed by atoms with Crippen LogP contribution in [0.5, 0.6) is 0 Å². The number of amides is 4. The summed E-state index contributed by atoms with van der Waals surface area (Å²) in [5, 5.41) is 3.23. The number of rotatable bonds is 7. The van der Waals surface area contributed by atoms with Crippen molar-refractivity contribution in [2.75, 3.05) is 25.0 Å². The molecule has 1 aromatic carbocycles. The summed E-state index contributed by atoms with van der Waals surface area (Å²) in [5.74, 6) is -1.50. The molecule has 9 heteroatoms. The fraction of sp³-hybridized carbons (Fsp3) is 0.524. The van der Waals surface area contributed by atoms with Gasteiger partial charge < -0.3 is 10.2 Å². The highest BCUT2D eigenvalue weighted by molar-refractivity contribution is 6.39. The lowest BCUT2D eigenvalue weighted by atomic mass is 9.81. The van der Waals surface area contributed by atoms with E-state index in [-0.39, 0.29) is 49.1 Å². The number of carbonyl (C=O) groups is 4. The molecule has 1 saturated heterocycles. The van der Waals surface area contributed by atoms with Crippen LogP contribution in [0.25, 0.3) is 0 Å². The first-order chi connectivity index (χ1) is 14.3. The second-order valence-corrected chi connectivity index (χ2v) is 8.44. The van der Waals surface area contributed by atoms with Crippen LogP contribution in [0.15, 0.2) is 18.2 Å². The van der Waals surface area contributed by atoms with Gasteiger partial charge in [-0.05, 0) is 31.9 Å². The molecule has 2 unspecified atom stereocenters. The summed E-state index contributed by atoms with van der Waals surface area (Å²) >= 11 is 12.1. The topological polar surface area (TPSA) is 86.8 Å². The van der Waals surface area contributed by atoms with E-state index in [1.807, 2.05) is 0 Å². The predicted octanol–water partition coefficient (Wildman–Crippen LogP) is 3.35. The Balaban J connectivity index is 1.55. The maximum atomic E-state index is 12.6. The van der Waals surface area contributed by atoms with Crippen LogP contribution in [0.1, 0.15) is 39.0 Å². The van der Waals surface area contributed by atoms with E-state index >= 15 is 0 Å². The van der Waals surface area contributed by atoms with Crippen molar-refractivity contribution < 1.29 is 19.2 Å². The number of imide groups is 1. The van der Waals surface area contributed by atoms with E-state index in [9.17, 15) is 19.2 Å². The molecule has 162 valence electrons. The third-order valence-corrected chi connectivity index (χ3v) is 6.41. The lowest BCUT2D eigenvalue weighted by Gasteiger charge is -2.22. The van der Waals surface area contributed by atoms with Crippen LogP contribution in [0, 0.1) is 11.8 Å². The summed E-state index contributed by atoms with van der Waals surface area (Å²) in [4.78, 5) is 52.7. The highest BCUT2D eigenvalue weighted by Gasteiger charge is 2.47. The van der Waals surface area contributed by atoms with Gasteiger partial charge in [-0.1, -0.05) is 42.1 Å². The van der Waals surface area contributed by atoms with Gasteiger partial charge in [-0.25, -0.2) is 0 Å². The molecule has 7 nitrogen and oxygen atoms in total. The zero-order chi connectivity index (χ0) is 21.8. The Bertz CT molecular complexity index is 816. The van der Waals surface area contributed by atoms with Crippen molar-refractivity contribution >= 4 is 52.5 Å². The molecule has 3 rings (SSSR count). The van der Waals surface area contributed by atoms with E-state index in [1.165, 1.54) is 9.80 Å². The zero-order valence-electron chi connectivity index (χ0n) is 16.8. The molecule has 2 aliphatic rings. The minimum absolute atomic E-state index is 0.00904. The summed E-state index contributed by atoms with van der Waals surface area (Å²) in [6.45, 7) is 1.95. The van der Waals surface area contributed by atoms with Gasteiger partial charge in [0, 0.05) is 19.5 Å². The SMILES string of the molecule is CCN(CC(=O)Nc1c(Cl)cccc1Cl)C(=O)CCN1C(=O)C2CCCCC2C1=O. The van der Waals surface area contributed by atoms with Gasteiger partial charge in [-0.15, -0.1) is 0 Å². The number of carbonyl (C=O) groups excluding carboxylic acids is 4. The van der Waals surface area contributed by atoms with Gasteiger partial charge in [0.05, 0.1) is 34.1 Å². The molecule has 1 aliphatic heterocycles. The number of hydrogen-bond acceptors (Lipinski definition) is 4. The molecule has 1 N–H and O–H groups in total. The highest BCUT2D eigenvalue weighted by atomic mass is 35.5. The smallest absolute Gasteiger partial charge is 0.244 e. The first kappa shape index (κ1) is 22.6. The maximum Gasteiger partial charge on any atom is 0.244 e. The molecule has 2 fully saturated rings. The van der Waals surface area contributed by atoms with Gasteiger partial charge in [-0.2, -0.15) is 0 Å². The van der Waals surface area contributed by atoms with E-state index in [1.54, 1.807) is 25.1 Å². The number of fused-ring (bicyclic) bond motifs is 1. The van der Waals surface area contributed by atoms with Gasteiger partial charge in [0.15, 0.2) is 0 Å². The molecule has 30 heavy (non-hydrogen) atoms. The van der Waals surface area contributed by atoms with Crippen molar-refractivity contribution in [3.8, 4) is 0 Å². The molecule has 4 amide bonds. The van der Waals surface area contributed by atoms with Crippen molar-refractivity contribution in [2.45, 2.75) is 39.0 Å². The molecular weight excluding hydrogens is 429 g/mol. The Kier molecular flexibility index (Phi) is 7.36. The van der Waals surface area contributed by atoms with E-state index in [0.717, 1.165) is 25.7 Å². The van der Waals surface area contributed by atoms with Crippen LogP contribution in [-0.2, 0) is 19.2 Å². The summed E-state index contributed by atoms with van der Waals surface area (Å²) in [7, 11) is 0. The number of benzene rings is 1. The largest absolute Gasteiger partial charge is 0.334 e. The predicted molar refractivity (Wildman–Crippen MR) is 114 cm³/mol. The Labute approximate surface area is 185 Å². The lowest BCUT2D eigenvalue weighted by molar-refractivity contribution is -0.141. The third-order valence-electron chi connectivity index (χ3n) is 5.78. The van der Waals surface area contributed by atoms with Crippen molar-refractivity contribution in [1.82, 2.24) is 9.80 Å². The summed E-state index contributed by atoms with van der Waals surface area (Å²) in [5.41, 5.74) is 0.296. The number of likely N-dealkylation sites (tertiary alicyclic amines) is 1. The van der Waals surface area contributed by atoms with E-state index in [4.69, 9.17) is 23.2 Å². The molecular formula is C21H25Cl2N3O4. The van der Waals surface area contributed by atoms with Crippen molar-refractivity contribution in [2.24, 2.45) is 11.8 Å². The molecule has 1 heterocycles. The van der Waals surface area contributed by atoms with Crippen LogP contribution in [-0.4, -0.2) is 53.1 Å². The third kappa shape index (κ3) is 4.78. The van der Waals surface area contributed by atoms with Crippen LogP contribution < -0.4 is 5.32 Å². The van der Waals surface area contributed by atoms with E-state index in [2.05, 4.69) is 5.32 Å². The zero-order valence-corrected chi connectivity index (χ0v) is 18.3. The lowest BCUT2D eigenvalue weighted by Crippen LogP contribution is -2.40. The van der Waals surface area contributed by atoms with Gasteiger partial charge >= 0.3 is 0 Å². The summed E-state index contributed by atoms with van der Waals surface area (Å²) in [6.07, 6.45) is 3.39. The van der Waals surface area contributed by atoms with E-state index < -0.39 is 5.91 Å². The molecule has 0 aromatic heterocycles. The van der Waals surface area contributed by atoms with Gasteiger partial charge in [0.25, 0.3) is 0 Å². The van der Waals surface area contributed by atoms with E-state index in [0.29, 0.717) is 22.3 Å². The van der Waals surface area contributed by atoms with Crippen LogP contribution in [0.3, 0.4) is 0 Å². The van der Waals surface area contributed by atoms with Crippen LogP contribution >= 0.6 is 23.2 Å². The Morgan fingerprint density at radius 2 is 1.67 bits per heavy atom. The highest BCUT2D eigenvalue weighted by Crippen LogP contribution is 2.38. The normalized spacial score (nSPS) is 20.8. The Morgan fingerprint density at radius 1 is 1.10 bits per heavy atom. The number of halogens is 2. The minimum atomic E-state index is -0.431. The van der Waals surface area contributed by atoms with Crippen LogP contribution in [0.2, 0.25) is 10.0 Å². The number of anilines is 1. The quantitative estimate of drug-likeness (QED) is 0.641. The van der Waals surface area contributed by atoms with Crippen LogP contribution in [0.4, 0.5) is 5.69 Å². The van der Waals surface area contributed by atoms with Gasteiger partial charge in [0.2, 0.25) is 23.6 Å². The average Bonchev–Trinajstić information content (AvgIpc) is 2.97. The molecule has 2 atom stereocenters. The monoisotopic (exact) mass is 453 g/mol. The average molecular weight is 454 g/mol. The number of para-hydroxylation sites is 1. The fourth-order valence-electron chi connectivity index (χ4n) is 4.16. The Morgan fingerprint density at radius 3 is 2.20 bits per heavy atom. The number of hydrogen-bond donors (Lipinski definition) is 1. The molecule has 0 radical (unpaired) electrons. The molecule has 0 spiro atoms. The molecule has 1 saturated carbocycles. The first-order valence-electron chi connectivity index (χ1n) is 10.2. The van der Waals surface area contributed by atoms with Crippen molar-refractivity contribution in [3.63, 3.8) is 0 Å². The molecule has 0 bridgehead atoms. The second-order valence-electron chi connectivity index (χ2n) is 7.63. The standard InChI is InChI=1S/C21H25Cl2N3O4/c1-2-25(12-17(27)24-19-15(22)8-5-9-16(19)23)18(28)10-11-26-20(29)13-6-3-4-7-14(13)21(26)30/h5,8-9,13-14H,2-4,6-7,10-12H2,1H3,(H,24,27). The van der Waals surface area contributed by atoms with Gasteiger partial charge in [-0.3, -0.25) is 24.1 Å². The second kappa shape index (κ2) is 9.79. The maximum absolute atomic E-state index is 12.6. The fourth-order valence-corrected chi connectivity index (χ4v) is 4.65. The number of nitrogens with zero attached hydrogens (tertiary/aromatic N) is 2. The Hall–Kier alpha value is -2.12. The minimum Gasteiger partial charge on any atom is -0.334 e. The van der Waals surface area contributed by atoms with Crippen molar-refractivity contribution in [1.29, 1.82) is 0 Å². The summed E-state index contributed by atoms with van der Waals surface area (Å²) < 4.78 is 0. The number of likely N-dealkylation sites (N-methyl/N-ethyl adjacent to an activating group) is 1. The molecule has 1 aromatic rings. The number of nitrogens with one attached hydrogen (secondary N) is 1. The van der Waals surface area contributed by atoms with Crippen molar-refractivity contribution in [3.05, 3.63) is 28.2 Å². The summed E-state index contributed by atoms with van der Waals surface area (Å²) in [6, 6.07) is 4.88.